The summed E-state index contributed by atoms with van der Waals surface area (Å²) in [6, 6.07) is 9.43. The van der Waals surface area contributed by atoms with Crippen LogP contribution in [0.4, 0.5) is 0 Å². The Labute approximate surface area is 101 Å². The minimum atomic E-state index is -0.633. The molecule has 0 atom stereocenters. The summed E-state index contributed by atoms with van der Waals surface area (Å²) in [5, 5.41) is 0. The highest BCUT2D eigenvalue weighted by Gasteiger charge is 2.12. The highest BCUT2D eigenvalue weighted by molar-refractivity contribution is 5.83. The average molecular weight is 232 g/mol. The van der Waals surface area contributed by atoms with Gasteiger partial charge < -0.3 is 9.53 Å². The maximum atomic E-state index is 11.4. The first-order valence-electron chi connectivity index (χ1n) is 5.40. The number of carbonyl (C=O) groups excluding carboxylic acids is 2. The van der Waals surface area contributed by atoms with Crippen LogP contribution in [-0.4, -0.2) is 12.3 Å². The summed E-state index contributed by atoms with van der Waals surface area (Å²) < 4.78 is 5.03. The SMILES string of the molecule is CC(C)(C=O)/C=C/C(=O)OCc1ccccc1. The van der Waals surface area contributed by atoms with E-state index in [9.17, 15) is 9.59 Å². The van der Waals surface area contributed by atoms with E-state index >= 15 is 0 Å². The molecule has 0 saturated heterocycles. The number of benzene rings is 1. The van der Waals surface area contributed by atoms with Gasteiger partial charge in [-0.3, -0.25) is 0 Å². The smallest absolute Gasteiger partial charge is 0.330 e. The Morgan fingerprint density at radius 2 is 1.94 bits per heavy atom. The van der Waals surface area contributed by atoms with Crippen LogP contribution in [0.3, 0.4) is 0 Å². The summed E-state index contributed by atoms with van der Waals surface area (Å²) >= 11 is 0. The highest BCUT2D eigenvalue weighted by atomic mass is 16.5. The molecule has 0 saturated carbocycles. The van der Waals surface area contributed by atoms with E-state index in [1.54, 1.807) is 13.8 Å². The lowest BCUT2D eigenvalue weighted by molar-refractivity contribution is -0.139. The lowest BCUT2D eigenvalue weighted by atomic mass is 9.95. The zero-order valence-corrected chi connectivity index (χ0v) is 10.1. The molecule has 1 aromatic rings. The van der Waals surface area contributed by atoms with Gasteiger partial charge in [-0.15, -0.1) is 0 Å². The fourth-order valence-electron chi connectivity index (χ4n) is 1.10. The summed E-state index contributed by atoms with van der Waals surface area (Å²) in [6.45, 7) is 3.69. The van der Waals surface area contributed by atoms with E-state index in [1.165, 1.54) is 12.2 Å². The normalized spacial score (nSPS) is 11.4. The van der Waals surface area contributed by atoms with Crippen molar-refractivity contribution in [3.63, 3.8) is 0 Å². The number of hydrogen-bond acceptors (Lipinski definition) is 3. The van der Waals surface area contributed by atoms with Gasteiger partial charge in [0, 0.05) is 11.5 Å². The van der Waals surface area contributed by atoms with Crippen LogP contribution in [-0.2, 0) is 20.9 Å². The van der Waals surface area contributed by atoms with Crippen molar-refractivity contribution in [2.45, 2.75) is 20.5 Å². The highest BCUT2D eigenvalue weighted by Crippen LogP contribution is 2.12. The first-order chi connectivity index (χ1) is 8.03. The molecular weight excluding hydrogens is 216 g/mol. The van der Waals surface area contributed by atoms with Crippen LogP contribution < -0.4 is 0 Å². The van der Waals surface area contributed by atoms with Gasteiger partial charge in [0.15, 0.2) is 0 Å². The number of aldehydes is 1. The Balaban J connectivity index is 2.44. The molecule has 0 N–H and O–H groups in total. The number of ether oxygens (including phenoxy) is 1. The number of allylic oxidation sites excluding steroid dienone is 1. The third kappa shape index (κ3) is 5.11. The van der Waals surface area contributed by atoms with E-state index in [0.717, 1.165) is 11.8 Å². The number of carbonyl (C=O) groups is 2. The van der Waals surface area contributed by atoms with E-state index in [2.05, 4.69) is 0 Å². The second-order valence-corrected chi connectivity index (χ2v) is 4.37. The Hall–Kier alpha value is -1.90. The van der Waals surface area contributed by atoms with Crippen LogP contribution in [0.2, 0.25) is 0 Å². The van der Waals surface area contributed by atoms with Crippen LogP contribution in [0.1, 0.15) is 19.4 Å². The van der Waals surface area contributed by atoms with Crippen LogP contribution in [0.5, 0.6) is 0 Å². The number of esters is 1. The molecule has 0 bridgehead atoms. The lowest BCUT2D eigenvalue weighted by Crippen LogP contribution is -2.10. The summed E-state index contributed by atoms with van der Waals surface area (Å²) in [6.07, 6.45) is 3.61. The molecule has 0 radical (unpaired) electrons. The molecule has 0 unspecified atom stereocenters. The van der Waals surface area contributed by atoms with Crippen molar-refractivity contribution in [3.05, 3.63) is 48.0 Å². The number of rotatable bonds is 5. The quantitative estimate of drug-likeness (QED) is 0.445. The van der Waals surface area contributed by atoms with Crippen molar-refractivity contribution in [1.29, 1.82) is 0 Å². The van der Waals surface area contributed by atoms with Crippen molar-refractivity contribution >= 4 is 12.3 Å². The van der Waals surface area contributed by atoms with Crippen LogP contribution in [0.25, 0.3) is 0 Å². The lowest BCUT2D eigenvalue weighted by Gasteiger charge is -2.09. The molecule has 0 aliphatic carbocycles. The second-order valence-electron chi connectivity index (χ2n) is 4.37. The summed E-state index contributed by atoms with van der Waals surface area (Å²) in [4.78, 5) is 22.0. The largest absolute Gasteiger partial charge is 0.458 e. The molecule has 0 aliphatic heterocycles. The fourth-order valence-corrected chi connectivity index (χ4v) is 1.10. The molecule has 0 aromatic heterocycles. The second kappa shape index (κ2) is 5.99. The zero-order chi connectivity index (χ0) is 12.7. The van der Waals surface area contributed by atoms with Crippen LogP contribution >= 0.6 is 0 Å². The summed E-state index contributed by atoms with van der Waals surface area (Å²) in [7, 11) is 0. The van der Waals surface area contributed by atoms with Gasteiger partial charge in [-0.2, -0.15) is 0 Å². The Morgan fingerprint density at radius 3 is 2.53 bits per heavy atom. The molecule has 1 aromatic carbocycles. The van der Waals surface area contributed by atoms with Crippen molar-refractivity contribution < 1.29 is 14.3 Å². The predicted molar refractivity (Wildman–Crippen MR) is 65.2 cm³/mol. The van der Waals surface area contributed by atoms with Gasteiger partial charge >= 0.3 is 5.97 Å². The summed E-state index contributed by atoms with van der Waals surface area (Å²) in [5.41, 5.74) is 0.301. The first-order valence-corrected chi connectivity index (χ1v) is 5.40. The van der Waals surface area contributed by atoms with E-state index in [0.29, 0.717) is 0 Å². The van der Waals surface area contributed by atoms with Gasteiger partial charge in [0.1, 0.15) is 12.9 Å². The van der Waals surface area contributed by atoms with Gasteiger partial charge in [-0.05, 0) is 19.4 Å². The van der Waals surface area contributed by atoms with Crippen molar-refractivity contribution in [3.8, 4) is 0 Å². The van der Waals surface area contributed by atoms with E-state index in [4.69, 9.17) is 4.74 Å². The molecule has 0 aliphatic rings. The molecule has 0 fully saturated rings. The Kier molecular flexibility index (Phi) is 4.64. The molecule has 0 heterocycles. The summed E-state index contributed by atoms with van der Waals surface area (Å²) in [5.74, 6) is -0.441. The van der Waals surface area contributed by atoms with Gasteiger partial charge in [-0.1, -0.05) is 36.4 Å². The molecule has 90 valence electrons. The first kappa shape index (κ1) is 13.2. The predicted octanol–water partition coefficient (Wildman–Crippen LogP) is 2.51. The minimum Gasteiger partial charge on any atom is -0.458 e. The average Bonchev–Trinajstić information content (AvgIpc) is 2.35. The zero-order valence-electron chi connectivity index (χ0n) is 10.1. The maximum Gasteiger partial charge on any atom is 0.330 e. The van der Waals surface area contributed by atoms with Crippen molar-refractivity contribution in [1.82, 2.24) is 0 Å². The number of hydrogen-bond donors (Lipinski definition) is 0. The van der Waals surface area contributed by atoms with E-state index in [-0.39, 0.29) is 6.61 Å². The molecular formula is C14H16O3. The molecule has 0 spiro atoms. The monoisotopic (exact) mass is 232 g/mol. The Morgan fingerprint density at radius 1 is 1.29 bits per heavy atom. The van der Waals surface area contributed by atoms with E-state index in [1.807, 2.05) is 30.3 Å². The van der Waals surface area contributed by atoms with Gasteiger partial charge in [-0.25, -0.2) is 4.79 Å². The Bertz CT molecular complexity index is 405. The minimum absolute atomic E-state index is 0.242. The topological polar surface area (TPSA) is 43.4 Å². The fraction of sp³-hybridized carbons (Fsp3) is 0.286. The third-order valence-corrected chi connectivity index (χ3v) is 2.18. The van der Waals surface area contributed by atoms with E-state index < -0.39 is 11.4 Å². The van der Waals surface area contributed by atoms with Crippen molar-refractivity contribution in [2.24, 2.45) is 5.41 Å². The molecule has 3 nitrogen and oxygen atoms in total. The molecule has 0 amide bonds. The van der Waals surface area contributed by atoms with Crippen LogP contribution in [0, 0.1) is 5.41 Å². The molecule has 1 rings (SSSR count). The molecule has 17 heavy (non-hydrogen) atoms. The van der Waals surface area contributed by atoms with Gasteiger partial charge in [0.2, 0.25) is 0 Å². The van der Waals surface area contributed by atoms with Gasteiger partial charge in [0.25, 0.3) is 0 Å². The third-order valence-electron chi connectivity index (χ3n) is 2.18. The maximum absolute atomic E-state index is 11.4. The van der Waals surface area contributed by atoms with Crippen LogP contribution in [0.15, 0.2) is 42.5 Å². The van der Waals surface area contributed by atoms with Crippen molar-refractivity contribution in [2.75, 3.05) is 0 Å². The molecule has 3 heteroatoms. The van der Waals surface area contributed by atoms with Gasteiger partial charge in [0.05, 0.1) is 0 Å². The standard InChI is InChI=1S/C14H16O3/c1-14(2,11-15)9-8-13(16)17-10-12-6-4-3-5-7-12/h3-9,11H,10H2,1-2H3/b9-8+.